The fraction of sp³-hybridized carbons (Fsp3) is 0.0870. The van der Waals surface area contributed by atoms with Gasteiger partial charge in [0.25, 0.3) is 0 Å². The van der Waals surface area contributed by atoms with E-state index in [2.05, 4.69) is 40.5 Å². The number of aromatic nitrogens is 3. The molecule has 0 aliphatic rings. The van der Waals surface area contributed by atoms with Crippen molar-refractivity contribution in [3.8, 4) is 22.4 Å². The van der Waals surface area contributed by atoms with Crippen LogP contribution in [0.15, 0.2) is 89.3 Å². The number of hydrogen-bond donors (Lipinski definition) is 0. The zero-order valence-electron chi connectivity index (χ0n) is 15.7. The summed E-state index contributed by atoms with van der Waals surface area (Å²) in [5.74, 6) is 0.522. The molecule has 0 saturated heterocycles. The molecule has 0 amide bonds. The highest BCUT2D eigenvalue weighted by Crippen LogP contribution is 2.32. The second-order valence-corrected chi connectivity index (χ2v) is 8.12. The monoisotopic (exact) mass is 419 g/mol. The third-order valence-corrected chi connectivity index (χ3v) is 6.06. The fourth-order valence-electron chi connectivity index (χ4n) is 2.87. The van der Waals surface area contributed by atoms with Crippen LogP contribution < -0.4 is 0 Å². The first kappa shape index (κ1) is 19.6. The number of thioether (sulfide) groups is 2. The molecule has 0 aliphatic carbocycles. The van der Waals surface area contributed by atoms with Crippen molar-refractivity contribution in [2.45, 2.75) is 15.8 Å². The summed E-state index contributed by atoms with van der Waals surface area (Å²) in [6.45, 7) is 0. The van der Waals surface area contributed by atoms with Gasteiger partial charge in [-0.25, -0.2) is 14.4 Å². The molecular formula is C23H18FN3S2. The van der Waals surface area contributed by atoms with Gasteiger partial charge < -0.3 is 0 Å². The smallest absolute Gasteiger partial charge is 0.188 e. The zero-order valence-corrected chi connectivity index (χ0v) is 17.4. The predicted octanol–water partition coefficient (Wildman–Crippen LogP) is 6.36. The molecule has 0 N–H and O–H groups in total. The van der Waals surface area contributed by atoms with E-state index in [4.69, 9.17) is 4.98 Å². The maximum absolute atomic E-state index is 13.4. The summed E-state index contributed by atoms with van der Waals surface area (Å²) in [5, 5.41) is 0.698. The lowest BCUT2D eigenvalue weighted by atomic mass is 10.0. The Morgan fingerprint density at radius 2 is 1.69 bits per heavy atom. The van der Waals surface area contributed by atoms with Crippen LogP contribution in [-0.2, 0) is 5.75 Å². The minimum Gasteiger partial charge on any atom is -0.264 e. The van der Waals surface area contributed by atoms with Crippen LogP contribution in [-0.4, -0.2) is 21.2 Å². The van der Waals surface area contributed by atoms with E-state index in [9.17, 15) is 4.39 Å². The van der Waals surface area contributed by atoms with Crippen LogP contribution in [0.5, 0.6) is 0 Å². The third kappa shape index (κ3) is 4.83. The highest BCUT2D eigenvalue weighted by atomic mass is 32.2. The second kappa shape index (κ2) is 9.20. The average molecular weight is 420 g/mol. The van der Waals surface area contributed by atoms with Gasteiger partial charge in [-0.15, -0.1) is 11.8 Å². The molecule has 4 rings (SSSR count). The van der Waals surface area contributed by atoms with Gasteiger partial charge in [-0.1, -0.05) is 36.0 Å². The summed E-state index contributed by atoms with van der Waals surface area (Å²) in [5.41, 5.74) is 4.64. The molecule has 2 aromatic heterocycles. The van der Waals surface area contributed by atoms with Gasteiger partial charge in [-0.2, -0.15) is 0 Å². The Hall–Kier alpha value is -2.70. The normalized spacial score (nSPS) is 10.8. The summed E-state index contributed by atoms with van der Waals surface area (Å²) in [7, 11) is 0. The highest BCUT2D eigenvalue weighted by molar-refractivity contribution is 7.98. The Balaban J connectivity index is 1.64. The number of hydrogen-bond acceptors (Lipinski definition) is 5. The Morgan fingerprint density at radius 1 is 0.897 bits per heavy atom. The molecule has 0 atom stereocenters. The topological polar surface area (TPSA) is 38.7 Å². The second-order valence-electron chi connectivity index (χ2n) is 6.30. The molecule has 2 aromatic carbocycles. The minimum absolute atomic E-state index is 0.266. The van der Waals surface area contributed by atoms with E-state index in [-0.39, 0.29) is 5.82 Å². The Kier molecular flexibility index (Phi) is 6.22. The molecule has 2 heterocycles. The molecule has 0 bridgehead atoms. The fourth-order valence-corrected chi connectivity index (χ4v) is 4.05. The van der Waals surface area contributed by atoms with Gasteiger partial charge in [0.1, 0.15) is 5.82 Å². The Bertz CT molecular complexity index is 1090. The first-order valence-corrected chi connectivity index (χ1v) is 11.2. The molecule has 144 valence electrons. The molecule has 0 fully saturated rings. The molecule has 4 aromatic rings. The molecule has 3 nitrogen and oxygen atoms in total. The number of halogens is 1. The van der Waals surface area contributed by atoms with Crippen LogP contribution >= 0.6 is 23.5 Å². The molecule has 0 radical (unpaired) electrons. The van der Waals surface area contributed by atoms with Crippen LogP contribution in [0.3, 0.4) is 0 Å². The summed E-state index contributed by atoms with van der Waals surface area (Å²) in [6.07, 6.45) is 7.39. The molecule has 0 aliphatic heterocycles. The highest BCUT2D eigenvalue weighted by Gasteiger charge is 2.12. The van der Waals surface area contributed by atoms with E-state index in [0.717, 1.165) is 28.1 Å². The third-order valence-electron chi connectivity index (χ3n) is 4.38. The molecule has 6 heteroatoms. The van der Waals surface area contributed by atoms with Crippen molar-refractivity contribution in [2.24, 2.45) is 0 Å². The van der Waals surface area contributed by atoms with Gasteiger partial charge in [0, 0.05) is 40.4 Å². The standard InChI is InChI=1S/C23H18FN3S2/c1-28-20-10-4-16(5-11-20)15-29-23-26-14-21(17-6-8-19(24)9-7-17)22(27-23)18-3-2-12-25-13-18/h2-14H,15H2,1H3. The van der Waals surface area contributed by atoms with E-state index >= 15 is 0 Å². The number of rotatable bonds is 6. The lowest BCUT2D eigenvalue weighted by Gasteiger charge is -2.11. The van der Waals surface area contributed by atoms with E-state index in [1.54, 1.807) is 48.1 Å². The zero-order chi connectivity index (χ0) is 20.1. The van der Waals surface area contributed by atoms with Crippen LogP contribution in [0.25, 0.3) is 22.4 Å². The van der Waals surface area contributed by atoms with Crippen molar-refractivity contribution in [1.29, 1.82) is 0 Å². The van der Waals surface area contributed by atoms with E-state index in [0.29, 0.717) is 5.16 Å². The Labute approximate surface area is 177 Å². The summed E-state index contributed by atoms with van der Waals surface area (Å²) in [4.78, 5) is 14.8. The quantitative estimate of drug-likeness (QED) is 0.269. The van der Waals surface area contributed by atoms with E-state index in [1.807, 2.05) is 18.3 Å². The van der Waals surface area contributed by atoms with Crippen LogP contribution in [0.4, 0.5) is 4.39 Å². The van der Waals surface area contributed by atoms with Crippen LogP contribution in [0.1, 0.15) is 5.56 Å². The van der Waals surface area contributed by atoms with Crippen molar-refractivity contribution in [3.05, 3.63) is 90.6 Å². The first-order valence-electron chi connectivity index (χ1n) is 9.02. The van der Waals surface area contributed by atoms with Crippen LogP contribution in [0.2, 0.25) is 0 Å². The van der Waals surface area contributed by atoms with Gasteiger partial charge in [-0.05, 0) is 53.8 Å². The van der Waals surface area contributed by atoms with Gasteiger partial charge in [0.15, 0.2) is 5.16 Å². The minimum atomic E-state index is -0.266. The van der Waals surface area contributed by atoms with Crippen molar-refractivity contribution < 1.29 is 4.39 Å². The number of pyridine rings is 1. The molecule has 29 heavy (non-hydrogen) atoms. The van der Waals surface area contributed by atoms with Crippen molar-refractivity contribution in [1.82, 2.24) is 15.0 Å². The predicted molar refractivity (Wildman–Crippen MR) is 118 cm³/mol. The molecule has 0 unspecified atom stereocenters. The van der Waals surface area contributed by atoms with Gasteiger partial charge in [0.2, 0.25) is 0 Å². The van der Waals surface area contributed by atoms with Gasteiger partial charge in [0.05, 0.1) is 5.69 Å². The lowest BCUT2D eigenvalue weighted by Crippen LogP contribution is -1.96. The van der Waals surface area contributed by atoms with Crippen molar-refractivity contribution in [2.75, 3.05) is 6.26 Å². The van der Waals surface area contributed by atoms with Crippen LogP contribution in [0, 0.1) is 5.82 Å². The van der Waals surface area contributed by atoms with Gasteiger partial charge >= 0.3 is 0 Å². The SMILES string of the molecule is CSc1ccc(CSc2ncc(-c3ccc(F)cc3)c(-c3cccnc3)n2)cc1. The summed E-state index contributed by atoms with van der Waals surface area (Å²) >= 11 is 3.32. The lowest BCUT2D eigenvalue weighted by molar-refractivity contribution is 0.628. The van der Waals surface area contributed by atoms with E-state index in [1.165, 1.54) is 22.6 Å². The molecular weight excluding hydrogens is 401 g/mol. The number of benzene rings is 2. The molecule has 0 spiro atoms. The molecule has 0 saturated carbocycles. The Morgan fingerprint density at radius 3 is 2.38 bits per heavy atom. The van der Waals surface area contributed by atoms with Crippen molar-refractivity contribution in [3.63, 3.8) is 0 Å². The van der Waals surface area contributed by atoms with Gasteiger partial charge in [-0.3, -0.25) is 4.98 Å². The maximum atomic E-state index is 13.4. The van der Waals surface area contributed by atoms with E-state index < -0.39 is 0 Å². The summed E-state index contributed by atoms with van der Waals surface area (Å²) < 4.78 is 13.4. The van der Waals surface area contributed by atoms with Crippen molar-refractivity contribution >= 4 is 23.5 Å². The maximum Gasteiger partial charge on any atom is 0.188 e. The summed E-state index contributed by atoms with van der Waals surface area (Å²) in [6, 6.07) is 18.8. The average Bonchev–Trinajstić information content (AvgIpc) is 2.79. The number of nitrogens with zero attached hydrogens (tertiary/aromatic N) is 3. The largest absolute Gasteiger partial charge is 0.264 e. The first-order chi connectivity index (χ1) is 14.2.